The van der Waals surface area contributed by atoms with Crippen molar-refractivity contribution in [2.45, 2.75) is 25.1 Å². The van der Waals surface area contributed by atoms with Crippen LogP contribution in [0.1, 0.15) is 13.3 Å². The second kappa shape index (κ2) is 5.25. The van der Waals surface area contributed by atoms with Crippen LogP contribution < -0.4 is 5.32 Å². The summed E-state index contributed by atoms with van der Waals surface area (Å²) in [5.74, 6) is -1.30. The Morgan fingerprint density at radius 2 is 1.84 bits per heavy atom. The van der Waals surface area contributed by atoms with Crippen molar-refractivity contribution < 1.29 is 22.9 Å². The third-order valence-electron chi connectivity index (χ3n) is 2.47. The Kier molecular flexibility index (Phi) is 4.13. The zero-order valence-corrected chi connectivity index (χ0v) is 9.90. The first-order chi connectivity index (χ1) is 8.65. The zero-order valence-electron chi connectivity index (χ0n) is 9.90. The number of halogens is 3. The first-order valence-corrected chi connectivity index (χ1v) is 5.23. The third kappa shape index (κ3) is 3.94. The lowest BCUT2D eigenvalue weighted by Gasteiger charge is -2.21. The largest absolute Gasteiger partial charge is 0.396 e. The molecule has 0 radical (unpaired) electrons. The lowest BCUT2D eigenvalue weighted by Crippen LogP contribution is -2.50. The van der Waals surface area contributed by atoms with Gasteiger partial charge in [0.2, 0.25) is 0 Å². The van der Waals surface area contributed by atoms with Gasteiger partial charge in [0.25, 0.3) is 0 Å². The highest BCUT2D eigenvalue weighted by atomic mass is 19.4. The second-order valence-electron chi connectivity index (χ2n) is 4.14. The fourth-order valence-electron chi connectivity index (χ4n) is 1.41. The van der Waals surface area contributed by atoms with E-state index in [1.807, 2.05) is 0 Å². The van der Waals surface area contributed by atoms with Gasteiger partial charge >= 0.3 is 17.6 Å². The third-order valence-corrected chi connectivity index (χ3v) is 2.47. The lowest BCUT2D eigenvalue weighted by molar-refractivity contribution is -0.554. The van der Waals surface area contributed by atoms with Crippen LogP contribution in [0, 0.1) is 10.1 Å². The van der Waals surface area contributed by atoms with Gasteiger partial charge in [-0.2, -0.15) is 13.2 Å². The number of nitrogens with zero attached hydrogens (tertiary/aromatic N) is 1. The van der Waals surface area contributed by atoms with E-state index in [4.69, 9.17) is 0 Å². The van der Waals surface area contributed by atoms with E-state index in [1.54, 1.807) is 18.2 Å². The summed E-state index contributed by atoms with van der Waals surface area (Å²) in [5.41, 5.74) is -2.56. The van der Waals surface area contributed by atoms with E-state index < -0.39 is 29.0 Å². The number of para-hydroxylation sites is 1. The predicted molar refractivity (Wildman–Crippen MR) is 61.1 cm³/mol. The molecule has 0 spiro atoms. The van der Waals surface area contributed by atoms with E-state index in [1.165, 1.54) is 12.1 Å². The molecule has 19 heavy (non-hydrogen) atoms. The van der Waals surface area contributed by atoms with Crippen LogP contribution in [0.5, 0.6) is 0 Å². The number of hydrogen-bond acceptors (Lipinski definition) is 3. The van der Waals surface area contributed by atoms with Crippen molar-refractivity contribution >= 4 is 11.6 Å². The minimum Gasteiger partial charge on any atom is -0.320 e. The average Bonchev–Trinajstić information content (AvgIpc) is 2.27. The average molecular weight is 276 g/mol. The summed E-state index contributed by atoms with van der Waals surface area (Å²) >= 11 is 0. The standard InChI is InChI=1S/C11H11F3N2O3/c1-10(16(18)19,7-11(12,13)14)9(17)15-8-5-3-2-4-6-8/h2-6H,7H2,1H3,(H,15,17). The molecule has 0 aliphatic heterocycles. The molecule has 1 rings (SSSR count). The van der Waals surface area contributed by atoms with E-state index in [9.17, 15) is 28.1 Å². The summed E-state index contributed by atoms with van der Waals surface area (Å²) in [5, 5.41) is 12.9. The van der Waals surface area contributed by atoms with E-state index in [-0.39, 0.29) is 5.69 Å². The number of nitro groups is 1. The maximum absolute atomic E-state index is 12.3. The van der Waals surface area contributed by atoms with Crippen LogP contribution in [0.3, 0.4) is 0 Å². The van der Waals surface area contributed by atoms with Crippen LogP contribution >= 0.6 is 0 Å². The van der Waals surface area contributed by atoms with E-state index >= 15 is 0 Å². The number of benzene rings is 1. The molecule has 0 aromatic heterocycles. The van der Waals surface area contributed by atoms with Crippen LogP contribution in [0.2, 0.25) is 0 Å². The molecule has 1 N–H and O–H groups in total. The quantitative estimate of drug-likeness (QED) is 0.678. The van der Waals surface area contributed by atoms with Crippen molar-refractivity contribution in [1.82, 2.24) is 0 Å². The molecule has 1 unspecified atom stereocenters. The number of rotatable bonds is 4. The maximum atomic E-state index is 12.3. The Balaban J connectivity index is 2.94. The number of amides is 1. The highest BCUT2D eigenvalue weighted by molar-refractivity contribution is 5.96. The smallest absolute Gasteiger partial charge is 0.320 e. The van der Waals surface area contributed by atoms with Gasteiger partial charge in [0.05, 0.1) is 0 Å². The van der Waals surface area contributed by atoms with Gasteiger partial charge in [-0.05, 0) is 12.1 Å². The van der Waals surface area contributed by atoms with Gasteiger partial charge in [-0.15, -0.1) is 0 Å². The SMILES string of the molecule is CC(CC(F)(F)F)(C(=O)Nc1ccccc1)[N+](=O)[O-]. The molecular formula is C11H11F3N2O3. The van der Waals surface area contributed by atoms with Crippen LogP contribution in [0.4, 0.5) is 18.9 Å². The van der Waals surface area contributed by atoms with Gasteiger partial charge in [0.1, 0.15) is 6.42 Å². The van der Waals surface area contributed by atoms with E-state index in [0.717, 1.165) is 0 Å². The Hall–Kier alpha value is -2.12. The molecule has 0 saturated carbocycles. The molecule has 1 aromatic carbocycles. The number of carbonyl (C=O) groups is 1. The maximum Gasteiger partial charge on any atom is 0.396 e. The monoisotopic (exact) mass is 276 g/mol. The number of carbonyl (C=O) groups excluding carboxylic acids is 1. The highest BCUT2D eigenvalue weighted by Gasteiger charge is 2.54. The Labute approximate surface area is 106 Å². The van der Waals surface area contributed by atoms with Crippen LogP contribution in [-0.4, -0.2) is 22.5 Å². The molecular weight excluding hydrogens is 265 g/mol. The van der Waals surface area contributed by atoms with Crippen molar-refractivity contribution in [1.29, 1.82) is 0 Å². The Morgan fingerprint density at radius 1 is 1.32 bits per heavy atom. The molecule has 1 aromatic rings. The second-order valence-corrected chi connectivity index (χ2v) is 4.14. The molecule has 0 bridgehead atoms. The fourth-order valence-corrected chi connectivity index (χ4v) is 1.41. The summed E-state index contributed by atoms with van der Waals surface area (Å²) < 4.78 is 37.0. The van der Waals surface area contributed by atoms with Crippen molar-refractivity contribution in [3.05, 3.63) is 40.4 Å². The summed E-state index contributed by atoms with van der Waals surface area (Å²) in [7, 11) is 0. The van der Waals surface area contributed by atoms with Crippen LogP contribution in [-0.2, 0) is 4.79 Å². The van der Waals surface area contributed by atoms with Crippen molar-refractivity contribution in [3.8, 4) is 0 Å². The van der Waals surface area contributed by atoms with Gasteiger partial charge in [-0.25, -0.2) is 0 Å². The molecule has 0 saturated heterocycles. The van der Waals surface area contributed by atoms with Gasteiger partial charge in [-0.1, -0.05) is 18.2 Å². The normalized spacial score (nSPS) is 14.5. The predicted octanol–water partition coefficient (Wildman–Crippen LogP) is 2.61. The highest BCUT2D eigenvalue weighted by Crippen LogP contribution is 2.30. The summed E-state index contributed by atoms with van der Waals surface area (Å²) in [4.78, 5) is 21.3. The molecule has 1 atom stereocenters. The van der Waals surface area contributed by atoms with Gasteiger partial charge in [0, 0.05) is 17.5 Å². The minimum atomic E-state index is -4.81. The van der Waals surface area contributed by atoms with Crippen molar-refractivity contribution in [2.75, 3.05) is 5.32 Å². The molecule has 0 aliphatic carbocycles. The van der Waals surface area contributed by atoms with Gasteiger partial charge in [0.15, 0.2) is 0 Å². The van der Waals surface area contributed by atoms with Gasteiger partial charge < -0.3 is 5.32 Å². The Bertz CT molecular complexity index is 476. The van der Waals surface area contributed by atoms with Gasteiger partial charge in [-0.3, -0.25) is 14.9 Å². The van der Waals surface area contributed by atoms with Crippen LogP contribution in [0.15, 0.2) is 30.3 Å². The molecule has 5 nitrogen and oxygen atoms in total. The molecule has 1 amide bonds. The van der Waals surface area contributed by atoms with Crippen LogP contribution in [0.25, 0.3) is 0 Å². The molecule has 0 aliphatic rings. The summed E-state index contributed by atoms with van der Waals surface area (Å²) in [6, 6.07) is 7.57. The van der Waals surface area contributed by atoms with E-state index in [0.29, 0.717) is 6.92 Å². The lowest BCUT2D eigenvalue weighted by atomic mass is 9.97. The first kappa shape index (κ1) is 14.9. The summed E-state index contributed by atoms with van der Waals surface area (Å²) in [6.45, 7) is 0.652. The Morgan fingerprint density at radius 3 is 2.26 bits per heavy atom. The van der Waals surface area contributed by atoms with Crippen molar-refractivity contribution in [2.24, 2.45) is 0 Å². The summed E-state index contributed by atoms with van der Waals surface area (Å²) in [6.07, 6.45) is -6.64. The molecule has 8 heteroatoms. The topological polar surface area (TPSA) is 72.2 Å². The number of anilines is 1. The molecule has 104 valence electrons. The molecule has 0 fully saturated rings. The number of hydrogen-bond donors (Lipinski definition) is 1. The minimum absolute atomic E-state index is 0.197. The van der Waals surface area contributed by atoms with E-state index in [2.05, 4.69) is 5.32 Å². The first-order valence-electron chi connectivity index (χ1n) is 5.23. The number of alkyl halides is 3. The zero-order chi connectivity index (χ0) is 14.7. The van der Waals surface area contributed by atoms with Crippen molar-refractivity contribution in [3.63, 3.8) is 0 Å². The number of nitrogens with one attached hydrogen (secondary N) is 1. The fraction of sp³-hybridized carbons (Fsp3) is 0.364. The molecule has 0 heterocycles.